The molecule has 0 saturated heterocycles. The van der Waals surface area contributed by atoms with Gasteiger partial charge in [0, 0.05) is 6.04 Å². The molecule has 0 aromatic heterocycles. The van der Waals surface area contributed by atoms with Gasteiger partial charge in [-0.05, 0) is 37.8 Å². The summed E-state index contributed by atoms with van der Waals surface area (Å²) in [4.78, 5) is 10.5. The van der Waals surface area contributed by atoms with Crippen molar-refractivity contribution in [3.63, 3.8) is 0 Å². The number of nitrogens with zero attached hydrogens (tertiary/aromatic N) is 1. The molecule has 0 radical (unpaired) electrons. The van der Waals surface area contributed by atoms with Crippen LogP contribution < -0.4 is 11.1 Å². The highest BCUT2D eigenvalue weighted by molar-refractivity contribution is 5.74. The van der Waals surface area contributed by atoms with Crippen LogP contribution in [-0.4, -0.2) is 11.0 Å². The Labute approximate surface area is 100 Å². The Morgan fingerprint density at radius 3 is 2.76 bits per heavy atom. The molecule has 1 aromatic carbocycles. The highest BCUT2D eigenvalue weighted by Crippen LogP contribution is 2.35. The summed E-state index contributed by atoms with van der Waals surface area (Å²) in [6.45, 7) is 2.07. The van der Waals surface area contributed by atoms with Crippen molar-refractivity contribution in [1.82, 2.24) is 0 Å². The molecule has 5 heteroatoms. The van der Waals surface area contributed by atoms with E-state index in [9.17, 15) is 10.1 Å². The molecule has 0 aliphatic heterocycles. The minimum absolute atomic E-state index is 0.0151. The zero-order valence-corrected chi connectivity index (χ0v) is 9.85. The molecule has 0 bridgehead atoms. The number of nitro benzene ring substituents is 1. The summed E-state index contributed by atoms with van der Waals surface area (Å²) < 4.78 is 0. The van der Waals surface area contributed by atoms with Crippen molar-refractivity contribution in [2.45, 2.75) is 32.2 Å². The zero-order chi connectivity index (χ0) is 12.4. The monoisotopic (exact) mass is 235 g/mol. The summed E-state index contributed by atoms with van der Waals surface area (Å²) in [7, 11) is 0. The molecular formula is C12H17N3O2. The second-order valence-corrected chi connectivity index (χ2v) is 4.62. The van der Waals surface area contributed by atoms with Crippen LogP contribution >= 0.6 is 0 Å². The Hall–Kier alpha value is -1.78. The molecule has 92 valence electrons. The van der Waals surface area contributed by atoms with Gasteiger partial charge in [-0.1, -0.05) is 12.5 Å². The van der Waals surface area contributed by atoms with Crippen molar-refractivity contribution in [2.75, 3.05) is 11.1 Å². The minimum Gasteiger partial charge on any atom is -0.393 e. The molecule has 17 heavy (non-hydrogen) atoms. The highest BCUT2D eigenvalue weighted by Gasteiger charge is 2.26. The van der Waals surface area contributed by atoms with Crippen LogP contribution in [-0.2, 0) is 0 Å². The van der Waals surface area contributed by atoms with Gasteiger partial charge in [0.1, 0.15) is 11.4 Å². The molecule has 1 fully saturated rings. The lowest BCUT2D eigenvalue weighted by atomic mass is 9.80. The molecule has 2 rings (SSSR count). The lowest BCUT2D eigenvalue weighted by Gasteiger charge is -2.32. The van der Waals surface area contributed by atoms with Gasteiger partial charge in [-0.2, -0.15) is 0 Å². The average molecular weight is 235 g/mol. The second kappa shape index (κ2) is 4.61. The number of nitro groups is 1. The first-order chi connectivity index (χ1) is 8.09. The maximum atomic E-state index is 11.0. The Balaban J connectivity index is 2.19. The van der Waals surface area contributed by atoms with Crippen LogP contribution in [0.1, 0.15) is 26.2 Å². The van der Waals surface area contributed by atoms with Crippen molar-refractivity contribution in [2.24, 2.45) is 5.92 Å². The van der Waals surface area contributed by atoms with E-state index in [4.69, 9.17) is 5.73 Å². The van der Waals surface area contributed by atoms with Crippen LogP contribution in [0.5, 0.6) is 0 Å². The fraction of sp³-hybridized carbons (Fsp3) is 0.500. The second-order valence-electron chi connectivity index (χ2n) is 4.62. The van der Waals surface area contributed by atoms with Crippen LogP contribution in [0.2, 0.25) is 0 Å². The van der Waals surface area contributed by atoms with Crippen molar-refractivity contribution >= 4 is 17.1 Å². The third kappa shape index (κ3) is 2.33. The number of benzene rings is 1. The lowest BCUT2D eigenvalue weighted by molar-refractivity contribution is -0.383. The summed E-state index contributed by atoms with van der Waals surface area (Å²) in [5.74, 6) is 0.621. The third-order valence-electron chi connectivity index (χ3n) is 3.49. The first-order valence-electron chi connectivity index (χ1n) is 5.89. The van der Waals surface area contributed by atoms with E-state index in [0.717, 1.165) is 0 Å². The quantitative estimate of drug-likeness (QED) is 0.477. The zero-order valence-electron chi connectivity index (χ0n) is 9.85. The summed E-state index contributed by atoms with van der Waals surface area (Å²) in [6, 6.07) is 5.25. The molecule has 0 heterocycles. The van der Waals surface area contributed by atoms with Gasteiger partial charge in [-0.25, -0.2) is 0 Å². The van der Waals surface area contributed by atoms with Gasteiger partial charge >= 0.3 is 5.69 Å². The Bertz CT molecular complexity index is 430. The molecule has 5 nitrogen and oxygen atoms in total. The van der Waals surface area contributed by atoms with E-state index in [-0.39, 0.29) is 17.4 Å². The van der Waals surface area contributed by atoms with Crippen LogP contribution in [0.15, 0.2) is 18.2 Å². The van der Waals surface area contributed by atoms with E-state index in [2.05, 4.69) is 12.2 Å². The number of nitrogens with two attached hydrogens (primary N) is 1. The number of hydrogen-bond donors (Lipinski definition) is 2. The molecule has 0 spiro atoms. The number of para-hydroxylation sites is 1. The standard InChI is InChI=1S/C12H17N3O2/c1-8(9-4-2-5-9)14-11-7-3-6-10(13)12(11)15(16)17/h3,6-9,14H,2,4-5,13H2,1H3. The molecule has 1 atom stereocenters. The van der Waals surface area contributed by atoms with E-state index in [1.807, 2.05) is 0 Å². The number of anilines is 2. The van der Waals surface area contributed by atoms with Crippen molar-refractivity contribution in [3.8, 4) is 0 Å². The predicted octanol–water partition coefficient (Wildman–Crippen LogP) is 2.78. The van der Waals surface area contributed by atoms with Crippen LogP contribution in [0, 0.1) is 16.0 Å². The number of nitrogens with one attached hydrogen (secondary N) is 1. The molecule has 0 amide bonds. The largest absolute Gasteiger partial charge is 0.393 e. The Morgan fingerprint density at radius 2 is 2.24 bits per heavy atom. The van der Waals surface area contributed by atoms with Gasteiger partial charge in [-0.15, -0.1) is 0 Å². The minimum atomic E-state index is -0.425. The van der Waals surface area contributed by atoms with Crippen molar-refractivity contribution < 1.29 is 4.92 Å². The number of nitrogen functional groups attached to an aromatic ring is 1. The van der Waals surface area contributed by atoms with E-state index < -0.39 is 4.92 Å². The fourth-order valence-electron chi connectivity index (χ4n) is 2.18. The van der Waals surface area contributed by atoms with Gasteiger partial charge in [-0.3, -0.25) is 10.1 Å². The molecular weight excluding hydrogens is 218 g/mol. The number of rotatable bonds is 4. The van der Waals surface area contributed by atoms with E-state index >= 15 is 0 Å². The SMILES string of the molecule is CC(Nc1cccc(N)c1[N+](=O)[O-])C1CCC1. The molecule has 1 aliphatic carbocycles. The van der Waals surface area contributed by atoms with Crippen LogP contribution in [0.3, 0.4) is 0 Å². The highest BCUT2D eigenvalue weighted by atomic mass is 16.6. The van der Waals surface area contributed by atoms with E-state index in [0.29, 0.717) is 11.6 Å². The first-order valence-corrected chi connectivity index (χ1v) is 5.89. The molecule has 1 aromatic rings. The van der Waals surface area contributed by atoms with Gasteiger partial charge in [0.05, 0.1) is 4.92 Å². The summed E-state index contributed by atoms with van der Waals surface area (Å²) >= 11 is 0. The molecule has 1 saturated carbocycles. The maximum Gasteiger partial charge on any atom is 0.314 e. The van der Waals surface area contributed by atoms with E-state index in [1.54, 1.807) is 18.2 Å². The maximum absolute atomic E-state index is 11.0. The van der Waals surface area contributed by atoms with Gasteiger partial charge in [0.25, 0.3) is 0 Å². The van der Waals surface area contributed by atoms with Gasteiger partial charge in [0.15, 0.2) is 0 Å². The first kappa shape index (κ1) is 11.7. The normalized spacial score (nSPS) is 17.2. The summed E-state index contributed by atoms with van der Waals surface area (Å²) in [6.07, 6.45) is 3.66. The van der Waals surface area contributed by atoms with E-state index in [1.165, 1.54) is 19.3 Å². The average Bonchev–Trinajstić information content (AvgIpc) is 2.13. The van der Waals surface area contributed by atoms with Crippen molar-refractivity contribution in [1.29, 1.82) is 0 Å². The topological polar surface area (TPSA) is 81.2 Å². The van der Waals surface area contributed by atoms with Gasteiger partial charge in [0.2, 0.25) is 0 Å². The molecule has 1 unspecified atom stereocenters. The Morgan fingerprint density at radius 1 is 1.53 bits per heavy atom. The van der Waals surface area contributed by atoms with Gasteiger partial charge < -0.3 is 11.1 Å². The van der Waals surface area contributed by atoms with Crippen LogP contribution in [0.25, 0.3) is 0 Å². The molecule has 3 N–H and O–H groups in total. The third-order valence-corrected chi connectivity index (χ3v) is 3.49. The summed E-state index contributed by atoms with van der Waals surface area (Å²) in [5, 5.41) is 14.2. The Kier molecular flexibility index (Phi) is 3.17. The fourth-order valence-corrected chi connectivity index (χ4v) is 2.18. The predicted molar refractivity (Wildman–Crippen MR) is 67.9 cm³/mol. The van der Waals surface area contributed by atoms with Crippen molar-refractivity contribution in [3.05, 3.63) is 28.3 Å². The number of hydrogen-bond acceptors (Lipinski definition) is 4. The molecule has 1 aliphatic rings. The lowest BCUT2D eigenvalue weighted by Crippen LogP contribution is -2.31. The van der Waals surface area contributed by atoms with Crippen LogP contribution in [0.4, 0.5) is 17.1 Å². The smallest absolute Gasteiger partial charge is 0.314 e. The summed E-state index contributed by atoms with van der Waals surface area (Å²) in [5.41, 5.74) is 6.36.